The molecule has 3 heteroatoms. The number of nitrogens with one attached hydrogen (secondary N) is 1. The summed E-state index contributed by atoms with van der Waals surface area (Å²) in [6, 6.07) is 24.3. The van der Waals surface area contributed by atoms with Crippen LogP contribution in [0.4, 0.5) is 11.4 Å². The summed E-state index contributed by atoms with van der Waals surface area (Å²) in [6.45, 7) is 0. The minimum Gasteiger partial charge on any atom is -0.356 e. The highest BCUT2D eigenvalue weighted by Gasteiger charge is 2.08. The van der Waals surface area contributed by atoms with Gasteiger partial charge in [0.2, 0.25) is 0 Å². The Balaban J connectivity index is 1.51. The minimum absolute atomic E-state index is 0.634. The van der Waals surface area contributed by atoms with Gasteiger partial charge in [-0.15, -0.1) is 5.73 Å². The predicted molar refractivity (Wildman–Crippen MR) is 118 cm³/mol. The Morgan fingerprint density at radius 2 is 1.69 bits per heavy atom. The third kappa shape index (κ3) is 4.59. The molecule has 3 nitrogen and oxygen atoms in total. The molecule has 0 atom stereocenters. The molecule has 0 amide bonds. The van der Waals surface area contributed by atoms with Crippen LogP contribution in [0.3, 0.4) is 0 Å². The number of anilines is 2. The maximum atomic E-state index is 9.64. The van der Waals surface area contributed by atoms with Crippen molar-refractivity contribution >= 4 is 23.0 Å². The van der Waals surface area contributed by atoms with E-state index in [4.69, 9.17) is 0 Å². The summed E-state index contributed by atoms with van der Waals surface area (Å²) < 4.78 is 0. The number of benzene rings is 2. The van der Waals surface area contributed by atoms with E-state index < -0.39 is 0 Å². The Hall–Kier alpha value is -4.12. The molecule has 3 aromatic rings. The number of allylic oxidation sites excluding steroid dienone is 4. The van der Waals surface area contributed by atoms with Crippen molar-refractivity contribution in [2.24, 2.45) is 0 Å². The Morgan fingerprint density at radius 3 is 2.34 bits per heavy atom. The van der Waals surface area contributed by atoms with E-state index in [0.29, 0.717) is 5.57 Å². The first kappa shape index (κ1) is 18.3. The van der Waals surface area contributed by atoms with E-state index in [1.54, 1.807) is 12.4 Å². The third-order valence-electron chi connectivity index (χ3n) is 4.67. The molecule has 0 saturated carbocycles. The lowest BCUT2D eigenvalue weighted by Gasteiger charge is -2.09. The number of pyridine rings is 1. The molecule has 0 saturated heterocycles. The molecule has 1 aromatic heterocycles. The van der Waals surface area contributed by atoms with E-state index in [0.717, 1.165) is 40.1 Å². The van der Waals surface area contributed by atoms with Crippen LogP contribution in [0, 0.1) is 11.3 Å². The zero-order chi connectivity index (χ0) is 19.9. The molecular formula is C26H19N3. The zero-order valence-electron chi connectivity index (χ0n) is 15.8. The van der Waals surface area contributed by atoms with Crippen LogP contribution in [0.5, 0.6) is 0 Å². The second kappa shape index (κ2) is 8.71. The summed E-state index contributed by atoms with van der Waals surface area (Å²) in [6.07, 6.45) is 10.2. The van der Waals surface area contributed by atoms with Crippen LogP contribution >= 0.6 is 0 Å². The molecule has 138 valence electrons. The van der Waals surface area contributed by atoms with Gasteiger partial charge in [-0.1, -0.05) is 36.4 Å². The highest BCUT2D eigenvalue weighted by molar-refractivity contribution is 5.73. The van der Waals surface area contributed by atoms with Gasteiger partial charge in [-0.3, -0.25) is 4.98 Å². The second-order valence-corrected chi connectivity index (χ2v) is 6.65. The highest BCUT2D eigenvalue weighted by atomic mass is 14.9. The van der Waals surface area contributed by atoms with Crippen molar-refractivity contribution in [1.29, 1.82) is 5.26 Å². The Morgan fingerprint density at radius 1 is 0.966 bits per heavy atom. The van der Waals surface area contributed by atoms with Gasteiger partial charge in [0.05, 0.1) is 11.6 Å². The summed E-state index contributed by atoms with van der Waals surface area (Å²) in [5, 5.41) is 13.0. The van der Waals surface area contributed by atoms with Gasteiger partial charge >= 0.3 is 0 Å². The largest absolute Gasteiger partial charge is 0.356 e. The molecule has 0 unspecified atom stereocenters. The van der Waals surface area contributed by atoms with E-state index in [9.17, 15) is 5.26 Å². The van der Waals surface area contributed by atoms with Crippen LogP contribution in [-0.2, 0) is 0 Å². The Kier molecular flexibility index (Phi) is 5.48. The average Bonchev–Trinajstić information content (AvgIpc) is 2.80. The first-order valence-corrected chi connectivity index (χ1v) is 9.42. The third-order valence-corrected chi connectivity index (χ3v) is 4.67. The Bertz CT molecular complexity index is 1160. The van der Waals surface area contributed by atoms with E-state index in [2.05, 4.69) is 28.2 Å². The van der Waals surface area contributed by atoms with E-state index in [1.807, 2.05) is 78.9 Å². The van der Waals surface area contributed by atoms with Gasteiger partial charge in [0.15, 0.2) is 0 Å². The molecule has 1 aliphatic carbocycles. The van der Waals surface area contributed by atoms with Crippen LogP contribution in [0.25, 0.3) is 11.6 Å². The SMILES string of the molecule is N#C/C(=C\c1ccc(Nc2ccccc2)cc1)C1=CCC(c2ccncc2)=C=C1. The van der Waals surface area contributed by atoms with Crippen molar-refractivity contribution in [3.8, 4) is 6.07 Å². The molecular weight excluding hydrogens is 354 g/mol. The fourth-order valence-electron chi connectivity index (χ4n) is 3.13. The smallest absolute Gasteiger partial charge is 0.0998 e. The predicted octanol–water partition coefficient (Wildman–Crippen LogP) is 6.30. The van der Waals surface area contributed by atoms with Crippen molar-refractivity contribution in [3.05, 3.63) is 119 Å². The van der Waals surface area contributed by atoms with Crippen LogP contribution in [0.2, 0.25) is 0 Å². The van der Waals surface area contributed by atoms with Crippen molar-refractivity contribution in [2.45, 2.75) is 6.42 Å². The molecule has 0 spiro atoms. The van der Waals surface area contributed by atoms with Crippen LogP contribution in [-0.4, -0.2) is 4.98 Å². The zero-order valence-corrected chi connectivity index (χ0v) is 15.8. The van der Waals surface area contributed by atoms with E-state index in [-0.39, 0.29) is 0 Å². The Labute approximate surface area is 170 Å². The van der Waals surface area contributed by atoms with Gasteiger partial charge in [-0.25, -0.2) is 0 Å². The van der Waals surface area contributed by atoms with Gasteiger partial charge < -0.3 is 5.32 Å². The van der Waals surface area contributed by atoms with E-state index in [1.165, 1.54) is 0 Å². The topological polar surface area (TPSA) is 48.7 Å². The fourth-order valence-corrected chi connectivity index (χ4v) is 3.13. The maximum absolute atomic E-state index is 9.64. The van der Waals surface area contributed by atoms with Crippen molar-refractivity contribution < 1.29 is 0 Å². The first-order chi connectivity index (χ1) is 14.3. The van der Waals surface area contributed by atoms with Crippen molar-refractivity contribution in [1.82, 2.24) is 4.98 Å². The molecule has 2 aromatic carbocycles. The quantitative estimate of drug-likeness (QED) is 0.422. The monoisotopic (exact) mass is 373 g/mol. The molecule has 1 heterocycles. The second-order valence-electron chi connectivity index (χ2n) is 6.65. The molecule has 0 bridgehead atoms. The minimum atomic E-state index is 0.634. The number of rotatable bonds is 5. The number of aromatic nitrogens is 1. The average molecular weight is 373 g/mol. The van der Waals surface area contributed by atoms with Crippen molar-refractivity contribution in [2.75, 3.05) is 5.32 Å². The number of para-hydroxylation sites is 1. The molecule has 1 N–H and O–H groups in total. The number of nitrogens with zero attached hydrogens (tertiary/aromatic N) is 2. The number of hydrogen-bond donors (Lipinski definition) is 1. The van der Waals surface area contributed by atoms with Crippen molar-refractivity contribution in [3.63, 3.8) is 0 Å². The molecule has 0 fully saturated rings. The van der Waals surface area contributed by atoms with Crippen LogP contribution in [0.1, 0.15) is 17.5 Å². The van der Waals surface area contributed by atoms with Crippen LogP contribution in [0.15, 0.2) is 108 Å². The van der Waals surface area contributed by atoms with Gasteiger partial charge in [-0.2, -0.15) is 5.26 Å². The summed E-state index contributed by atoms with van der Waals surface area (Å²) in [5.74, 6) is 0. The lowest BCUT2D eigenvalue weighted by molar-refractivity contribution is 1.28. The standard InChI is InChI=1S/C26H19N3/c27-19-24(22-10-8-21(9-11-22)23-14-16-28-17-15-23)18-20-6-12-26(13-7-20)29-25-4-2-1-3-5-25/h1-7,10-18,29H,8H2/b24-18+. The highest BCUT2D eigenvalue weighted by Crippen LogP contribution is 2.26. The molecule has 29 heavy (non-hydrogen) atoms. The lowest BCUT2D eigenvalue weighted by atomic mass is 9.95. The van der Waals surface area contributed by atoms with Crippen LogP contribution < -0.4 is 5.32 Å². The molecule has 0 radical (unpaired) electrons. The summed E-state index contributed by atoms with van der Waals surface area (Å²) >= 11 is 0. The van der Waals surface area contributed by atoms with Gasteiger partial charge in [0.25, 0.3) is 0 Å². The normalized spacial score (nSPS) is 13.3. The fraction of sp³-hybridized carbons (Fsp3) is 0.0385. The first-order valence-electron chi connectivity index (χ1n) is 9.42. The summed E-state index contributed by atoms with van der Waals surface area (Å²) in [7, 11) is 0. The number of nitriles is 1. The van der Waals surface area contributed by atoms with Gasteiger partial charge in [0, 0.05) is 29.3 Å². The maximum Gasteiger partial charge on any atom is 0.0998 e. The molecule has 1 aliphatic rings. The molecule has 4 rings (SSSR count). The lowest BCUT2D eigenvalue weighted by Crippen LogP contribution is -1.92. The summed E-state index contributed by atoms with van der Waals surface area (Å²) in [5.41, 5.74) is 10.1. The van der Waals surface area contributed by atoms with Gasteiger partial charge in [-0.05, 0) is 71.7 Å². The van der Waals surface area contributed by atoms with E-state index >= 15 is 0 Å². The van der Waals surface area contributed by atoms with Gasteiger partial charge in [0.1, 0.15) is 0 Å². The molecule has 0 aliphatic heterocycles. The summed E-state index contributed by atoms with van der Waals surface area (Å²) in [4.78, 5) is 4.05. The number of hydrogen-bond acceptors (Lipinski definition) is 3.